The Morgan fingerprint density at radius 3 is 2.84 bits per heavy atom. The van der Waals surface area contributed by atoms with Gasteiger partial charge in [0.2, 0.25) is 0 Å². The molecule has 19 heavy (non-hydrogen) atoms. The van der Waals surface area contributed by atoms with Crippen molar-refractivity contribution in [3.63, 3.8) is 0 Å². The van der Waals surface area contributed by atoms with Crippen LogP contribution >= 0.6 is 0 Å². The Morgan fingerprint density at radius 2 is 2.16 bits per heavy atom. The SMILES string of the molecule is CCNc1nc(-c2cnn(C)c2C)nc2c1CCC2. The van der Waals surface area contributed by atoms with Gasteiger partial charge in [0.15, 0.2) is 5.82 Å². The van der Waals surface area contributed by atoms with Gasteiger partial charge in [-0.15, -0.1) is 0 Å². The first-order valence-electron chi connectivity index (χ1n) is 6.83. The van der Waals surface area contributed by atoms with E-state index in [1.165, 1.54) is 17.7 Å². The van der Waals surface area contributed by atoms with E-state index in [0.717, 1.165) is 42.3 Å². The highest BCUT2D eigenvalue weighted by molar-refractivity contribution is 5.62. The van der Waals surface area contributed by atoms with E-state index in [2.05, 4.69) is 17.3 Å². The third kappa shape index (κ3) is 1.99. The molecule has 0 amide bonds. The van der Waals surface area contributed by atoms with E-state index < -0.39 is 0 Å². The molecule has 0 aromatic carbocycles. The molecule has 100 valence electrons. The fourth-order valence-electron chi connectivity index (χ4n) is 2.58. The highest BCUT2D eigenvalue weighted by atomic mass is 15.3. The first-order chi connectivity index (χ1) is 9.20. The zero-order valence-electron chi connectivity index (χ0n) is 11.7. The molecule has 0 spiro atoms. The van der Waals surface area contributed by atoms with Gasteiger partial charge in [0.1, 0.15) is 5.82 Å². The largest absolute Gasteiger partial charge is 0.370 e. The van der Waals surface area contributed by atoms with Crippen LogP contribution in [0.2, 0.25) is 0 Å². The number of aryl methyl sites for hydroxylation is 2. The minimum absolute atomic E-state index is 0.794. The van der Waals surface area contributed by atoms with Crippen LogP contribution in [0.1, 0.15) is 30.3 Å². The summed E-state index contributed by atoms with van der Waals surface area (Å²) in [4.78, 5) is 9.44. The number of hydrogen-bond donors (Lipinski definition) is 1. The predicted octanol–water partition coefficient (Wildman–Crippen LogP) is 2.11. The van der Waals surface area contributed by atoms with E-state index in [0.29, 0.717) is 0 Å². The minimum Gasteiger partial charge on any atom is -0.370 e. The van der Waals surface area contributed by atoms with Gasteiger partial charge < -0.3 is 5.32 Å². The summed E-state index contributed by atoms with van der Waals surface area (Å²) < 4.78 is 1.86. The van der Waals surface area contributed by atoms with Gasteiger partial charge >= 0.3 is 0 Å². The van der Waals surface area contributed by atoms with Crippen molar-refractivity contribution in [2.75, 3.05) is 11.9 Å². The molecule has 0 radical (unpaired) electrons. The molecule has 1 N–H and O–H groups in total. The normalized spacial score (nSPS) is 13.6. The molecule has 0 unspecified atom stereocenters. The molecule has 5 heteroatoms. The monoisotopic (exact) mass is 257 g/mol. The maximum Gasteiger partial charge on any atom is 0.165 e. The molecule has 2 aromatic rings. The number of nitrogens with zero attached hydrogens (tertiary/aromatic N) is 4. The lowest BCUT2D eigenvalue weighted by molar-refractivity contribution is 0.740. The fraction of sp³-hybridized carbons (Fsp3) is 0.500. The Labute approximate surface area is 113 Å². The van der Waals surface area contributed by atoms with Gasteiger partial charge in [-0.25, -0.2) is 9.97 Å². The molecule has 2 aromatic heterocycles. The van der Waals surface area contributed by atoms with Gasteiger partial charge in [-0.2, -0.15) is 5.10 Å². The van der Waals surface area contributed by atoms with E-state index in [1.807, 2.05) is 24.9 Å². The van der Waals surface area contributed by atoms with Crippen LogP contribution in [-0.2, 0) is 19.9 Å². The highest BCUT2D eigenvalue weighted by Crippen LogP contribution is 2.29. The maximum absolute atomic E-state index is 4.74. The molecule has 1 aliphatic rings. The molecule has 0 bridgehead atoms. The number of aromatic nitrogens is 4. The molecule has 3 rings (SSSR count). The lowest BCUT2D eigenvalue weighted by atomic mass is 10.2. The molecular formula is C14H19N5. The lowest BCUT2D eigenvalue weighted by Crippen LogP contribution is -2.07. The molecule has 0 aliphatic heterocycles. The number of fused-ring (bicyclic) bond motifs is 1. The van der Waals surface area contributed by atoms with Crippen LogP contribution in [0.4, 0.5) is 5.82 Å². The summed E-state index contributed by atoms with van der Waals surface area (Å²) in [7, 11) is 1.94. The standard InChI is InChI=1S/C14H19N5/c1-4-15-13-10-6-5-7-12(10)17-14(18-13)11-8-16-19(3)9(11)2/h8H,4-7H2,1-3H3,(H,15,17,18). The van der Waals surface area contributed by atoms with Gasteiger partial charge in [0, 0.05) is 30.5 Å². The third-order valence-electron chi connectivity index (χ3n) is 3.75. The van der Waals surface area contributed by atoms with Crippen molar-refractivity contribution in [1.82, 2.24) is 19.7 Å². The number of rotatable bonds is 3. The molecule has 1 aliphatic carbocycles. The zero-order chi connectivity index (χ0) is 13.4. The predicted molar refractivity (Wildman–Crippen MR) is 75.2 cm³/mol. The van der Waals surface area contributed by atoms with Crippen LogP contribution in [0.5, 0.6) is 0 Å². The average Bonchev–Trinajstić information content (AvgIpc) is 2.98. The van der Waals surface area contributed by atoms with Crippen molar-refractivity contribution in [2.45, 2.75) is 33.1 Å². The second kappa shape index (κ2) is 4.64. The fourth-order valence-corrected chi connectivity index (χ4v) is 2.58. The van der Waals surface area contributed by atoms with Gasteiger partial charge in [-0.1, -0.05) is 0 Å². The van der Waals surface area contributed by atoms with E-state index in [1.54, 1.807) is 0 Å². The second-order valence-electron chi connectivity index (χ2n) is 4.97. The summed E-state index contributed by atoms with van der Waals surface area (Å²) in [5, 5.41) is 7.64. The van der Waals surface area contributed by atoms with Crippen LogP contribution in [0.3, 0.4) is 0 Å². The zero-order valence-corrected chi connectivity index (χ0v) is 11.7. The van der Waals surface area contributed by atoms with Crippen LogP contribution in [-0.4, -0.2) is 26.3 Å². The summed E-state index contributed by atoms with van der Waals surface area (Å²) in [6.07, 6.45) is 5.17. The molecule has 2 heterocycles. The Balaban J connectivity index is 2.12. The second-order valence-corrected chi connectivity index (χ2v) is 4.97. The van der Waals surface area contributed by atoms with Crippen molar-refractivity contribution in [2.24, 2.45) is 7.05 Å². The topological polar surface area (TPSA) is 55.6 Å². The molecule has 0 saturated carbocycles. The van der Waals surface area contributed by atoms with Crippen LogP contribution in [0.15, 0.2) is 6.20 Å². The smallest absolute Gasteiger partial charge is 0.165 e. The Morgan fingerprint density at radius 1 is 1.32 bits per heavy atom. The first-order valence-corrected chi connectivity index (χ1v) is 6.83. The van der Waals surface area contributed by atoms with Gasteiger partial charge in [-0.05, 0) is 33.1 Å². The Hall–Kier alpha value is -1.91. The van der Waals surface area contributed by atoms with Crippen molar-refractivity contribution < 1.29 is 0 Å². The van der Waals surface area contributed by atoms with E-state index in [4.69, 9.17) is 9.97 Å². The summed E-state index contributed by atoms with van der Waals surface area (Å²) in [5.41, 5.74) is 4.62. The van der Waals surface area contributed by atoms with Crippen molar-refractivity contribution in [3.05, 3.63) is 23.1 Å². The quantitative estimate of drug-likeness (QED) is 0.915. The number of hydrogen-bond acceptors (Lipinski definition) is 4. The molecule has 0 saturated heterocycles. The average molecular weight is 257 g/mol. The van der Waals surface area contributed by atoms with Crippen LogP contribution in [0, 0.1) is 6.92 Å². The molecular weight excluding hydrogens is 238 g/mol. The highest BCUT2D eigenvalue weighted by Gasteiger charge is 2.20. The summed E-state index contributed by atoms with van der Waals surface area (Å²) in [6.45, 7) is 5.03. The third-order valence-corrected chi connectivity index (χ3v) is 3.75. The van der Waals surface area contributed by atoms with Crippen molar-refractivity contribution >= 4 is 5.82 Å². The van der Waals surface area contributed by atoms with Crippen LogP contribution < -0.4 is 5.32 Å². The summed E-state index contributed by atoms with van der Waals surface area (Å²) in [5.74, 6) is 1.80. The van der Waals surface area contributed by atoms with Gasteiger partial charge in [0.25, 0.3) is 0 Å². The number of nitrogens with one attached hydrogen (secondary N) is 1. The van der Waals surface area contributed by atoms with Crippen LogP contribution in [0.25, 0.3) is 11.4 Å². The van der Waals surface area contributed by atoms with Crippen molar-refractivity contribution in [3.8, 4) is 11.4 Å². The molecule has 5 nitrogen and oxygen atoms in total. The Bertz CT molecular complexity index is 615. The van der Waals surface area contributed by atoms with E-state index in [9.17, 15) is 0 Å². The molecule has 0 fully saturated rings. The molecule has 0 atom stereocenters. The van der Waals surface area contributed by atoms with E-state index >= 15 is 0 Å². The lowest BCUT2D eigenvalue weighted by Gasteiger charge is -2.10. The van der Waals surface area contributed by atoms with Crippen molar-refractivity contribution in [1.29, 1.82) is 0 Å². The minimum atomic E-state index is 0.794. The Kier molecular flexibility index (Phi) is 2.97. The first kappa shape index (κ1) is 12.1. The summed E-state index contributed by atoms with van der Waals surface area (Å²) >= 11 is 0. The number of anilines is 1. The van der Waals surface area contributed by atoms with E-state index in [-0.39, 0.29) is 0 Å². The maximum atomic E-state index is 4.74. The summed E-state index contributed by atoms with van der Waals surface area (Å²) in [6, 6.07) is 0. The van der Waals surface area contributed by atoms with Gasteiger partial charge in [0.05, 0.1) is 11.8 Å². The van der Waals surface area contributed by atoms with Gasteiger partial charge in [-0.3, -0.25) is 4.68 Å².